The fourth-order valence-electron chi connectivity index (χ4n) is 2.35. The highest BCUT2D eigenvalue weighted by molar-refractivity contribution is 5.76. The molecule has 1 rings (SSSR count). The first-order valence-corrected chi connectivity index (χ1v) is 7.06. The Morgan fingerprint density at radius 1 is 1.37 bits per heavy atom. The molecule has 5 heteroatoms. The molecule has 5 nitrogen and oxygen atoms in total. The lowest BCUT2D eigenvalue weighted by Gasteiger charge is -2.42. The molecule has 1 unspecified atom stereocenters. The van der Waals surface area contributed by atoms with Crippen LogP contribution in [0.4, 0.5) is 4.79 Å². The SMILES string of the molecule is CCC(C)(C)N(C)C(=O)N1CCCCC1CC(=O)O. The number of aliphatic carboxylic acids is 1. The normalized spacial score (nSPS) is 20.2. The van der Waals surface area contributed by atoms with Crippen molar-refractivity contribution in [2.45, 2.75) is 64.5 Å². The van der Waals surface area contributed by atoms with Gasteiger partial charge in [-0.3, -0.25) is 4.79 Å². The van der Waals surface area contributed by atoms with Gasteiger partial charge in [-0.15, -0.1) is 0 Å². The third-order valence-electron chi connectivity index (χ3n) is 4.34. The topological polar surface area (TPSA) is 60.9 Å². The van der Waals surface area contributed by atoms with Crippen molar-refractivity contribution < 1.29 is 14.7 Å². The van der Waals surface area contributed by atoms with E-state index >= 15 is 0 Å². The Morgan fingerprint density at radius 2 is 2.00 bits per heavy atom. The third kappa shape index (κ3) is 3.85. The zero-order valence-corrected chi connectivity index (χ0v) is 12.5. The van der Waals surface area contributed by atoms with Crippen LogP contribution < -0.4 is 0 Å². The maximum Gasteiger partial charge on any atom is 0.320 e. The average molecular weight is 270 g/mol. The highest BCUT2D eigenvalue weighted by Gasteiger charge is 2.34. The largest absolute Gasteiger partial charge is 0.481 e. The lowest BCUT2D eigenvalue weighted by Crippen LogP contribution is -2.55. The molecule has 0 aromatic carbocycles. The van der Waals surface area contributed by atoms with Gasteiger partial charge in [0.25, 0.3) is 0 Å². The lowest BCUT2D eigenvalue weighted by molar-refractivity contribution is -0.138. The van der Waals surface area contributed by atoms with Crippen molar-refractivity contribution in [2.24, 2.45) is 0 Å². The molecule has 110 valence electrons. The van der Waals surface area contributed by atoms with E-state index in [0.29, 0.717) is 6.54 Å². The summed E-state index contributed by atoms with van der Waals surface area (Å²) in [7, 11) is 1.80. The molecule has 0 aromatic rings. The Bertz CT molecular complexity index is 342. The minimum atomic E-state index is -0.831. The van der Waals surface area contributed by atoms with E-state index in [9.17, 15) is 9.59 Å². The lowest BCUT2D eigenvalue weighted by atomic mass is 9.98. The Hall–Kier alpha value is -1.26. The number of hydrogen-bond donors (Lipinski definition) is 1. The number of carbonyl (C=O) groups excluding carboxylic acids is 1. The van der Waals surface area contributed by atoms with Gasteiger partial charge in [0.05, 0.1) is 6.42 Å². The molecule has 0 aliphatic carbocycles. The second-order valence-corrected chi connectivity index (χ2v) is 5.95. The van der Waals surface area contributed by atoms with Crippen LogP contribution in [0.3, 0.4) is 0 Å². The van der Waals surface area contributed by atoms with Gasteiger partial charge in [-0.2, -0.15) is 0 Å². The molecule has 0 aromatic heterocycles. The molecule has 1 saturated heterocycles. The third-order valence-corrected chi connectivity index (χ3v) is 4.34. The summed E-state index contributed by atoms with van der Waals surface area (Å²) in [5.41, 5.74) is -0.206. The van der Waals surface area contributed by atoms with E-state index in [1.54, 1.807) is 16.8 Å². The number of hydrogen-bond acceptors (Lipinski definition) is 2. The van der Waals surface area contributed by atoms with Crippen LogP contribution in [0.1, 0.15) is 52.9 Å². The van der Waals surface area contributed by atoms with Gasteiger partial charge in [0.15, 0.2) is 0 Å². The van der Waals surface area contributed by atoms with E-state index in [1.807, 2.05) is 13.8 Å². The summed E-state index contributed by atoms with van der Waals surface area (Å²) in [5.74, 6) is -0.831. The van der Waals surface area contributed by atoms with Crippen molar-refractivity contribution in [2.75, 3.05) is 13.6 Å². The molecule has 1 atom stereocenters. The van der Waals surface area contributed by atoms with Crippen LogP contribution in [0.15, 0.2) is 0 Å². The fourth-order valence-corrected chi connectivity index (χ4v) is 2.35. The van der Waals surface area contributed by atoms with Gasteiger partial charge >= 0.3 is 12.0 Å². The molecule has 1 aliphatic rings. The van der Waals surface area contributed by atoms with E-state index < -0.39 is 5.97 Å². The predicted molar refractivity (Wildman–Crippen MR) is 74.1 cm³/mol. The standard InChI is InChI=1S/C14H26N2O3/c1-5-14(2,3)15(4)13(19)16-9-7-6-8-11(16)10-12(17)18/h11H,5-10H2,1-4H3,(H,17,18). The van der Waals surface area contributed by atoms with Crippen molar-refractivity contribution in [3.63, 3.8) is 0 Å². The van der Waals surface area contributed by atoms with Gasteiger partial charge in [-0.25, -0.2) is 4.79 Å². The zero-order chi connectivity index (χ0) is 14.6. The molecule has 1 heterocycles. The monoisotopic (exact) mass is 270 g/mol. The van der Waals surface area contributed by atoms with Gasteiger partial charge in [-0.05, 0) is 39.5 Å². The van der Waals surface area contributed by atoms with Crippen molar-refractivity contribution >= 4 is 12.0 Å². The first-order chi connectivity index (χ1) is 8.79. The number of rotatable bonds is 4. The Balaban J connectivity index is 2.79. The van der Waals surface area contributed by atoms with Crippen molar-refractivity contribution in [3.05, 3.63) is 0 Å². The number of piperidine rings is 1. The highest BCUT2D eigenvalue weighted by atomic mass is 16.4. The fraction of sp³-hybridized carbons (Fsp3) is 0.857. The Morgan fingerprint density at radius 3 is 2.53 bits per heavy atom. The second-order valence-electron chi connectivity index (χ2n) is 5.95. The number of amides is 2. The van der Waals surface area contributed by atoms with Crippen molar-refractivity contribution in [1.82, 2.24) is 9.80 Å². The van der Waals surface area contributed by atoms with E-state index in [-0.39, 0.29) is 24.0 Å². The zero-order valence-electron chi connectivity index (χ0n) is 12.5. The molecule has 19 heavy (non-hydrogen) atoms. The van der Waals surface area contributed by atoms with Gasteiger partial charge < -0.3 is 14.9 Å². The molecule has 0 bridgehead atoms. The van der Waals surface area contributed by atoms with Gasteiger partial charge in [0.2, 0.25) is 0 Å². The maximum atomic E-state index is 12.6. The van der Waals surface area contributed by atoms with E-state index in [1.165, 1.54) is 0 Å². The minimum Gasteiger partial charge on any atom is -0.481 e. The van der Waals surface area contributed by atoms with E-state index in [2.05, 4.69) is 6.92 Å². The molecule has 0 saturated carbocycles. The molecule has 2 amide bonds. The van der Waals surface area contributed by atoms with Crippen LogP contribution >= 0.6 is 0 Å². The van der Waals surface area contributed by atoms with Crippen molar-refractivity contribution in [3.8, 4) is 0 Å². The van der Waals surface area contributed by atoms with Crippen LogP contribution in [-0.2, 0) is 4.79 Å². The summed E-state index contributed by atoms with van der Waals surface area (Å²) in [6.07, 6.45) is 3.67. The number of carboxylic acids is 1. The number of carboxylic acid groups (broad SMARTS) is 1. The minimum absolute atomic E-state index is 0.0437. The van der Waals surface area contributed by atoms with Gasteiger partial charge in [0, 0.05) is 25.2 Å². The molecular formula is C14H26N2O3. The van der Waals surface area contributed by atoms with Crippen LogP contribution in [0, 0.1) is 0 Å². The van der Waals surface area contributed by atoms with E-state index in [0.717, 1.165) is 25.7 Å². The van der Waals surface area contributed by atoms with Crippen molar-refractivity contribution in [1.29, 1.82) is 0 Å². The summed E-state index contributed by atoms with van der Waals surface area (Å²) in [6, 6.07) is -0.202. The smallest absolute Gasteiger partial charge is 0.320 e. The van der Waals surface area contributed by atoms with Gasteiger partial charge in [0.1, 0.15) is 0 Å². The van der Waals surface area contributed by atoms with Crippen LogP contribution in [0.25, 0.3) is 0 Å². The number of likely N-dealkylation sites (tertiary alicyclic amines) is 1. The molecule has 1 aliphatic heterocycles. The number of carbonyl (C=O) groups is 2. The predicted octanol–water partition coefficient (Wildman–Crippen LogP) is 2.56. The molecule has 1 N–H and O–H groups in total. The molecular weight excluding hydrogens is 244 g/mol. The summed E-state index contributed by atoms with van der Waals surface area (Å²) in [6.45, 7) is 6.78. The first-order valence-electron chi connectivity index (χ1n) is 7.06. The maximum absolute atomic E-state index is 12.6. The van der Waals surface area contributed by atoms with Crippen LogP contribution in [0.2, 0.25) is 0 Å². The number of nitrogens with zero attached hydrogens (tertiary/aromatic N) is 2. The first kappa shape index (κ1) is 15.8. The highest BCUT2D eigenvalue weighted by Crippen LogP contribution is 2.24. The van der Waals surface area contributed by atoms with Gasteiger partial charge in [-0.1, -0.05) is 6.92 Å². The Labute approximate surface area is 115 Å². The second kappa shape index (κ2) is 6.26. The summed E-state index contributed by atoms with van der Waals surface area (Å²) < 4.78 is 0. The Kier molecular flexibility index (Phi) is 5.20. The number of urea groups is 1. The van der Waals surface area contributed by atoms with Crippen LogP contribution in [-0.4, -0.2) is 52.1 Å². The van der Waals surface area contributed by atoms with E-state index in [4.69, 9.17) is 5.11 Å². The summed E-state index contributed by atoms with van der Waals surface area (Å²) >= 11 is 0. The summed E-state index contributed by atoms with van der Waals surface area (Å²) in [4.78, 5) is 26.9. The molecule has 0 radical (unpaired) electrons. The average Bonchev–Trinajstić information content (AvgIpc) is 2.37. The quantitative estimate of drug-likeness (QED) is 0.854. The summed E-state index contributed by atoms with van der Waals surface area (Å²) in [5, 5.41) is 8.96. The molecule has 0 spiro atoms. The van der Waals surface area contributed by atoms with Crippen LogP contribution in [0.5, 0.6) is 0 Å². The molecule has 1 fully saturated rings.